The van der Waals surface area contributed by atoms with Crippen molar-refractivity contribution in [1.82, 2.24) is 4.90 Å². The molecule has 0 fully saturated rings. The number of halogens is 1. The van der Waals surface area contributed by atoms with Crippen LogP contribution in [0.2, 0.25) is 0 Å². The van der Waals surface area contributed by atoms with Gasteiger partial charge in [-0.2, -0.15) is 0 Å². The maximum Gasteiger partial charge on any atom is 0.290 e. The standard InChI is InChI=1S/C19H18FNO3/c1-21(11-13-7-9-14(20)10-8-13)19(22)18-16(12-23-2)15-5-3-4-6-17(15)24-18/h3-10H,11-12H2,1-2H3. The van der Waals surface area contributed by atoms with E-state index in [9.17, 15) is 9.18 Å². The average molecular weight is 327 g/mol. The van der Waals surface area contributed by atoms with Gasteiger partial charge in [-0.25, -0.2) is 4.39 Å². The van der Waals surface area contributed by atoms with Gasteiger partial charge in [0.1, 0.15) is 11.4 Å². The number of benzene rings is 2. The number of fused-ring (bicyclic) bond motifs is 1. The van der Waals surface area contributed by atoms with E-state index in [1.54, 1.807) is 31.2 Å². The van der Waals surface area contributed by atoms with Crippen molar-refractivity contribution in [2.75, 3.05) is 14.2 Å². The van der Waals surface area contributed by atoms with Crippen LogP contribution in [-0.2, 0) is 17.9 Å². The lowest BCUT2D eigenvalue weighted by Crippen LogP contribution is -2.26. The van der Waals surface area contributed by atoms with Crippen molar-refractivity contribution in [3.63, 3.8) is 0 Å². The van der Waals surface area contributed by atoms with E-state index in [1.807, 2.05) is 24.3 Å². The van der Waals surface area contributed by atoms with E-state index in [-0.39, 0.29) is 17.5 Å². The zero-order valence-electron chi connectivity index (χ0n) is 13.6. The SMILES string of the molecule is COCc1c(C(=O)N(C)Cc2ccc(F)cc2)oc2ccccc12. The maximum absolute atomic E-state index is 13.0. The first kappa shape index (κ1) is 16.2. The molecule has 0 bridgehead atoms. The Morgan fingerprint density at radius 3 is 2.58 bits per heavy atom. The third-order valence-electron chi connectivity index (χ3n) is 3.86. The van der Waals surface area contributed by atoms with Crippen LogP contribution in [0.25, 0.3) is 11.0 Å². The summed E-state index contributed by atoms with van der Waals surface area (Å²) in [5.41, 5.74) is 2.24. The molecule has 0 saturated carbocycles. The van der Waals surface area contributed by atoms with E-state index in [1.165, 1.54) is 12.1 Å². The fourth-order valence-corrected chi connectivity index (χ4v) is 2.67. The molecule has 4 nitrogen and oxygen atoms in total. The number of rotatable bonds is 5. The highest BCUT2D eigenvalue weighted by atomic mass is 19.1. The number of furan rings is 1. The van der Waals surface area contributed by atoms with Crippen molar-refractivity contribution in [3.8, 4) is 0 Å². The molecule has 0 saturated heterocycles. The topological polar surface area (TPSA) is 42.7 Å². The minimum Gasteiger partial charge on any atom is -0.451 e. The Hall–Kier alpha value is -2.66. The van der Waals surface area contributed by atoms with Gasteiger partial charge in [0.15, 0.2) is 5.76 Å². The van der Waals surface area contributed by atoms with Crippen LogP contribution in [0.15, 0.2) is 52.9 Å². The van der Waals surface area contributed by atoms with Gasteiger partial charge in [0.25, 0.3) is 5.91 Å². The molecule has 3 aromatic rings. The molecule has 1 aromatic heterocycles. The Balaban J connectivity index is 1.89. The van der Waals surface area contributed by atoms with E-state index in [0.29, 0.717) is 18.7 Å². The van der Waals surface area contributed by atoms with E-state index < -0.39 is 0 Å². The van der Waals surface area contributed by atoms with Gasteiger partial charge >= 0.3 is 0 Å². The Labute approximate surface area is 139 Å². The fourth-order valence-electron chi connectivity index (χ4n) is 2.67. The number of para-hydroxylation sites is 1. The number of hydrogen-bond donors (Lipinski definition) is 0. The van der Waals surface area contributed by atoms with Crippen LogP contribution in [0.4, 0.5) is 4.39 Å². The molecule has 0 unspecified atom stereocenters. The predicted octanol–water partition coefficient (Wildman–Crippen LogP) is 3.99. The number of methoxy groups -OCH3 is 1. The first-order valence-corrected chi connectivity index (χ1v) is 7.59. The number of carbonyl (C=O) groups is 1. The third kappa shape index (κ3) is 3.16. The fraction of sp³-hybridized carbons (Fsp3) is 0.211. The first-order chi connectivity index (χ1) is 11.6. The number of ether oxygens (including phenoxy) is 1. The van der Waals surface area contributed by atoms with Crippen LogP contribution in [0.1, 0.15) is 21.7 Å². The Morgan fingerprint density at radius 1 is 1.17 bits per heavy atom. The Morgan fingerprint density at radius 2 is 1.88 bits per heavy atom. The summed E-state index contributed by atoms with van der Waals surface area (Å²) in [6.07, 6.45) is 0. The zero-order valence-corrected chi connectivity index (χ0v) is 13.6. The van der Waals surface area contributed by atoms with Crippen molar-refractivity contribution in [2.45, 2.75) is 13.2 Å². The quantitative estimate of drug-likeness (QED) is 0.711. The van der Waals surface area contributed by atoms with Crippen molar-refractivity contribution in [1.29, 1.82) is 0 Å². The summed E-state index contributed by atoms with van der Waals surface area (Å²) in [6, 6.07) is 13.6. The van der Waals surface area contributed by atoms with E-state index >= 15 is 0 Å². The monoisotopic (exact) mass is 327 g/mol. The molecule has 124 valence electrons. The highest BCUT2D eigenvalue weighted by Gasteiger charge is 2.23. The molecule has 1 heterocycles. The highest BCUT2D eigenvalue weighted by molar-refractivity contribution is 5.98. The molecule has 0 atom stereocenters. The second-order valence-corrected chi connectivity index (χ2v) is 5.63. The molecule has 1 amide bonds. The van der Waals surface area contributed by atoms with Crippen LogP contribution >= 0.6 is 0 Å². The molecule has 0 aliphatic carbocycles. The van der Waals surface area contributed by atoms with Crippen LogP contribution in [0.5, 0.6) is 0 Å². The van der Waals surface area contributed by atoms with Gasteiger partial charge in [0.2, 0.25) is 0 Å². The highest BCUT2D eigenvalue weighted by Crippen LogP contribution is 2.27. The molecule has 0 aliphatic heterocycles. The number of carbonyl (C=O) groups excluding carboxylic acids is 1. The zero-order chi connectivity index (χ0) is 17.1. The normalized spacial score (nSPS) is 11.0. The summed E-state index contributed by atoms with van der Waals surface area (Å²) >= 11 is 0. The summed E-state index contributed by atoms with van der Waals surface area (Å²) in [6.45, 7) is 0.658. The maximum atomic E-state index is 13.0. The lowest BCUT2D eigenvalue weighted by atomic mass is 10.1. The molecule has 5 heteroatoms. The van der Waals surface area contributed by atoms with Crippen LogP contribution in [0, 0.1) is 5.82 Å². The summed E-state index contributed by atoms with van der Waals surface area (Å²) in [5.74, 6) is -0.252. The number of amides is 1. The lowest BCUT2D eigenvalue weighted by Gasteiger charge is -2.16. The van der Waals surface area contributed by atoms with Gasteiger partial charge in [-0.1, -0.05) is 30.3 Å². The predicted molar refractivity (Wildman–Crippen MR) is 89.1 cm³/mol. The minimum absolute atomic E-state index is 0.234. The van der Waals surface area contributed by atoms with E-state index in [4.69, 9.17) is 9.15 Å². The smallest absolute Gasteiger partial charge is 0.290 e. The van der Waals surface area contributed by atoms with Crippen molar-refractivity contribution in [3.05, 3.63) is 71.2 Å². The lowest BCUT2D eigenvalue weighted by molar-refractivity contribution is 0.0749. The summed E-state index contributed by atoms with van der Waals surface area (Å²) in [7, 11) is 3.27. The molecule has 0 N–H and O–H groups in total. The second kappa shape index (κ2) is 6.84. The van der Waals surface area contributed by atoms with Crippen molar-refractivity contribution >= 4 is 16.9 Å². The molecule has 24 heavy (non-hydrogen) atoms. The summed E-state index contributed by atoms with van der Waals surface area (Å²) in [5, 5.41) is 0.873. The summed E-state index contributed by atoms with van der Waals surface area (Å²) in [4.78, 5) is 14.3. The van der Waals surface area contributed by atoms with E-state index in [2.05, 4.69) is 0 Å². The van der Waals surface area contributed by atoms with Gasteiger partial charge in [0, 0.05) is 31.7 Å². The van der Waals surface area contributed by atoms with Gasteiger partial charge in [-0.05, 0) is 23.8 Å². The molecule has 0 aliphatic rings. The average Bonchev–Trinajstić information content (AvgIpc) is 2.95. The van der Waals surface area contributed by atoms with Gasteiger partial charge in [0.05, 0.1) is 6.61 Å². The largest absolute Gasteiger partial charge is 0.451 e. The molecular weight excluding hydrogens is 309 g/mol. The molecule has 0 radical (unpaired) electrons. The first-order valence-electron chi connectivity index (χ1n) is 7.59. The summed E-state index contributed by atoms with van der Waals surface area (Å²) < 4.78 is 24.0. The van der Waals surface area contributed by atoms with Crippen LogP contribution in [-0.4, -0.2) is 25.0 Å². The van der Waals surface area contributed by atoms with Gasteiger partial charge < -0.3 is 14.1 Å². The Kier molecular flexibility index (Phi) is 4.62. The molecular formula is C19H18FNO3. The van der Waals surface area contributed by atoms with Gasteiger partial charge in [-0.3, -0.25) is 4.79 Å². The molecule has 0 spiro atoms. The van der Waals surface area contributed by atoms with Crippen molar-refractivity contribution < 1.29 is 18.3 Å². The van der Waals surface area contributed by atoms with Gasteiger partial charge in [-0.15, -0.1) is 0 Å². The molecule has 3 rings (SSSR count). The minimum atomic E-state index is -0.299. The third-order valence-corrected chi connectivity index (χ3v) is 3.86. The van der Waals surface area contributed by atoms with Crippen LogP contribution < -0.4 is 0 Å². The van der Waals surface area contributed by atoms with Crippen molar-refractivity contribution in [2.24, 2.45) is 0 Å². The number of nitrogens with zero attached hydrogens (tertiary/aromatic N) is 1. The van der Waals surface area contributed by atoms with Crippen LogP contribution in [0.3, 0.4) is 0 Å². The second-order valence-electron chi connectivity index (χ2n) is 5.63. The number of hydrogen-bond acceptors (Lipinski definition) is 3. The van der Waals surface area contributed by atoms with E-state index in [0.717, 1.165) is 16.5 Å². The Bertz CT molecular complexity index is 855. The molecule has 2 aromatic carbocycles.